The minimum absolute atomic E-state index is 0.429. The van der Waals surface area contributed by atoms with Gasteiger partial charge in [-0.1, -0.05) is 24.6 Å². The van der Waals surface area contributed by atoms with Gasteiger partial charge in [0.2, 0.25) is 0 Å². The molecule has 2 rings (SSSR count). The van der Waals surface area contributed by atoms with Crippen LogP contribution >= 0.6 is 11.6 Å². The first-order valence-corrected chi connectivity index (χ1v) is 8.54. The van der Waals surface area contributed by atoms with Crippen LogP contribution in [0.3, 0.4) is 0 Å². The van der Waals surface area contributed by atoms with Crippen LogP contribution in [0.1, 0.15) is 55.8 Å². The Morgan fingerprint density at radius 2 is 1.95 bits per heavy atom. The molecule has 0 heterocycles. The van der Waals surface area contributed by atoms with Gasteiger partial charge >= 0.3 is 0 Å². The van der Waals surface area contributed by atoms with Crippen LogP contribution in [0.25, 0.3) is 0 Å². The van der Waals surface area contributed by atoms with E-state index in [0.717, 1.165) is 24.1 Å². The highest BCUT2D eigenvalue weighted by atomic mass is 35.5. The fraction of sp³-hybridized carbons (Fsp3) is 0.667. The predicted octanol–water partition coefficient (Wildman–Crippen LogP) is 4.81. The van der Waals surface area contributed by atoms with E-state index < -0.39 is 0 Å². The van der Waals surface area contributed by atoms with E-state index in [9.17, 15) is 0 Å². The zero-order valence-corrected chi connectivity index (χ0v) is 14.5. The van der Waals surface area contributed by atoms with Crippen molar-refractivity contribution >= 4 is 11.6 Å². The quantitative estimate of drug-likeness (QED) is 0.780. The van der Waals surface area contributed by atoms with E-state index in [4.69, 9.17) is 16.3 Å². The van der Waals surface area contributed by atoms with Gasteiger partial charge < -0.3 is 10.1 Å². The SMILES string of the molecule is CCNC(CC1CC(OCC)C1)c1cc(C)c(Cl)cc1C. The summed E-state index contributed by atoms with van der Waals surface area (Å²) in [5.41, 5.74) is 3.86. The van der Waals surface area contributed by atoms with Gasteiger partial charge in [0.1, 0.15) is 0 Å². The lowest BCUT2D eigenvalue weighted by atomic mass is 9.76. The first-order chi connectivity index (χ1) is 10.0. The lowest BCUT2D eigenvalue weighted by Crippen LogP contribution is -2.35. The Morgan fingerprint density at radius 3 is 2.57 bits per heavy atom. The normalized spacial score (nSPS) is 22.9. The first-order valence-electron chi connectivity index (χ1n) is 8.16. The number of nitrogens with one attached hydrogen (secondary N) is 1. The molecule has 1 aliphatic carbocycles. The molecule has 1 fully saturated rings. The molecule has 1 aromatic rings. The molecule has 0 aliphatic heterocycles. The number of ether oxygens (including phenoxy) is 1. The first kappa shape index (κ1) is 16.8. The molecule has 118 valence electrons. The lowest BCUT2D eigenvalue weighted by Gasteiger charge is -2.37. The smallest absolute Gasteiger partial charge is 0.0580 e. The molecule has 0 spiro atoms. The standard InChI is InChI=1S/C18H28ClNO/c1-5-20-18(11-14-9-15(10-14)21-6-2)16-7-13(4)17(19)8-12(16)3/h7-8,14-15,18,20H,5-6,9-11H2,1-4H3. The zero-order chi connectivity index (χ0) is 15.4. The van der Waals surface area contributed by atoms with Gasteiger partial charge in [0.15, 0.2) is 0 Å². The topological polar surface area (TPSA) is 21.3 Å². The van der Waals surface area contributed by atoms with E-state index in [-0.39, 0.29) is 0 Å². The maximum atomic E-state index is 6.23. The van der Waals surface area contributed by atoms with E-state index in [2.05, 4.69) is 45.1 Å². The highest BCUT2D eigenvalue weighted by Gasteiger charge is 2.32. The largest absolute Gasteiger partial charge is 0.378 e. The molecule has 0 bridgehead atoms. The van der Waals surface area contributed by atoms with Crippen LogP contribution in [0.2, 0.25) is 5.02 Å². The number of hydrogen-bond donors (Lipinski definition) is 1. The monoisotopic (exact) mass is 309 g/mol. The van der Waals surface area contributed by atoms with Gasteiger partial charge in [0, 0.05) is 17.7 Å². The van der Waals surface area contributed by atoms with Gasteiger partial charge in [-0.3, -0.25) is 0 Å². The van der Waals surface area contributed by atoms with Gasteiger partial charge in [0.05, 0.1) is 6.10 Å². The Kier molecular flexibility index (Phi) is 6.09. The van der Waals surface area contributed by atoms with Crippen molar-refractivity contribution in [2.45, 2.75) is 59.1 Å². The average Bonchev–Trinajstić information content (AvgIpc) is 2.40. The summed E-state index contributed by atoms with van der Waals surface area (Å²) in [6.07, 6.45) is 4.11. The maximum Gasteiger partial charge on any atom is 0.0580 e. The third-order valence-corrected chi connectivity index (χ3v) is 4.94. The summed E-state index contributed by atoms with van der Waals surface area (Å²) < 4.78 is 5.68. The maximum absolute atomic E-state index is 6.23. The van der Waals surface area contributed by atoms with Crippen LogP contribution in [0.5, 0.6) is 0 Å². The number of hydrogen-bond acceptors (Lipinski definition) is 2. The van der Waals surface area contributed by atoms with Crippen molar-refractivity contribution in [1.29, 1.82) is 0 Å². The molecule has 0 aromatic heterocycles. The molecule has 0 radical (unpaired) electrons. The minimum atomic E-state index is 0.429. The summed E-state index contributed by atoms with van der Waals surface area (Å²) in [5.74, 6) is 0.779. The molecule has 1 atom stereocenters. The third-order valence-electron chi connectivity index (χ3n) is 4.54. The summed E-state index contributed by atoms with van der Waals surface area (Å²) in [5, 5.41) is 4.52. The number of halogens is 1. The summed E-state index contributed by atoms with van der Waals surface area (Å²) in [6.45, 7) is 10.3. The van der Waals surface area contributed by atoms with Crippen LogP contribution in [0.15, 0.2) is 12.1 Å². The summed E-state index contributed by atoms with van der Waals surface area (Å²) in [7, 11) is 0. The Labute approximate surface area is 134 Å². The Balaban J connectivity index is 2.04. The van der Waals surface area contributed by atoms with E-state index in [1.807, 2.05) is 0 Å². The van der Waals surface area contributed by atoms with Crippen molar-refractivity contribution in [1.82, 2.24) is 5.32 Å². The van der Waals surface area contributed by atoms with E-state index in [1.54, 1.807) is 0 Å². The van der Waals surface area contributed by atoms with Crippen molar-refractivity contribution < 1.29 is 4.74 Å². The fourth-order valence-corrected chi connectivity index (χ4v) is 3.54. The molecular weight excluding hydrogens is 282 g/mol. The number of rotatable bonds is 7. The number of benzene rings is 1. The van der Waals surface area contributed by atoms with Crippen molar-refractivity contribution in [3.63, 3.8) is 0 Å². The summed E-state index contributed by atoms with van der Waals surface area (Å²) in [6, 6.07) is 4.78. The molecule has 1 aliphatic rings. The van der Waals surface area contributed by atoms with Gasteiger partial charge in [-0.2, -0.15) is 0 Å². The third kappa shape index (κ3) is 4.21. The van der Waals surface area contributed by atoms with E-state index in [0.29, 0.717) is 12.1 Å². The van der Waals surface area contributed by atoms with Crippen LogP contribution < -0.4 is 5.32 Å². The fourth-order valence-electron chi connectivity index (χ4n) is 3.32. The average molecular weight is 310 g/mol. The van der Waals surface area contributed by atoms with Crippen molar-refractivity contribution in [3.05, 3.63) is 33.8 Å². The molecule has 1 unspecified atom stereocenters. The minimum Gasteiger partial charge on any atom is -0.378 e. The molecule has 3 heteroatoms. The molecule has 1 aromatic carbocycles. The van der Waals surface area contributed by atoms with Crippen molar-refractivity contribution in [2.75, 3.05) is 13.2 Å². The number of aryl methyl sites for hydroxylation is 2. The van der Waals surface area contributed by atoms with Crippen LogP contribution in [-0.2, 0) is 4.74 Å². The second-order valence-corrected chi connectivity index (χ2v) is 6.63. The van der Waals surface area contributed by atoms with Crippen molar-refractivity contribution in [2.24, 2.45) is 5.92 Å². The molecule has 1 saturated carbocycles. The van der Waals surface area contributed by atoms with Gasteiger partial charge in [-0.15, -0.1) is 0 Å². The zero-order valence-electron chi connectivity index (χ0n) is 13.7. The predicted molar refractivity (Wildman–Crippen MR) is 90.1 cm³/mol. The van der Waals surface area contributed by atoms with E-state index >= 15 is 0 Å². The lowest BCUT2D eigenvalue weighted by molar-refractivity contribution is -0.0291. The Morgan fingerprint density at radius 1 is 1.24 bits per heavy atom. The van der Waals surface area contributed by atoms with E-state index in [1.165, 1.54) is 36.0 Å². The highest BCUT2D eigenvalue weighted by Crippen LogP contribution is 2.38. The van der Waals surface area contributed by atoms with Gasteiger partial charge in [0.25, 0.3) is 0 Å². The van der Waals surface area contributed by atoms with Crippen LogP contribution in [0, 0.1) is 19.8 Å². The van der Waals surface area contributed by atoms with Crippen LogP contribution in [-0.4, -0.2) is 19.3 Å². The molecule has 1 N–H and O–H groups in total. The highest BCUT2D eigenvalue weighted by molar-refractivity contribution is 6.31. The Hall–Kier alpha value is -0.570. The van der Waals surface area contributed by atoms with Crippen LogP contribution in [0.4, 0.5) is 0 Å². The second kappa shape index (κ2) is 7.62. The Bertz CT molecular complexity index is 469. The summed E-state index contributed by atoms with van der Waals surface area (Å²) in [4.78, 5) is 0. The molecule has 2 nitrogen and oxygen atoms in total. The van der Waals surface area contributed by atoms with Gasteiger partial charge in [-0.05, 0) is 75.3 Å². The molecule has 0 saturated heterocycles. The molecule has 21 heavy (non-hydrogen) atoms. The molecule has 0 amide bonds. The molecular formula is C18H28ClNO. The van der Waals surface area contributed by atoms with Gasteiger partial charge in [-0.25, -0.2) is 0 Å². The second-order valence-electron chi connectivity index (χ2n) is 6.22. The summed E-state index contributed by atoms with van der Waals surface area (Å²) >= 11 is 6.23. The van der Waals surface area contributed by atoms with Crippen molar-refractivity contribution in [3.8, 4) is 0 Å².